The minimum Gasteiger partial charge on any atom is -0.481 e. The molecule has 0 saturated heterocycles. The Bertz CT molecular complexity index is 193. The Morgan fingerprint density at radius 2 is 2.40 bits per heavy atom. The Morgan fingerprint density at radius 3 is 2.60 bits per heavy atom. The minimum atomic E-state index is -0.704. The first kappa shape index (κ1) is 7.32. The van der Waals surface area contributed by atoms with Gasteiger partial charge in [0, 0.05) is 0 Å². The molecule has 1 aliphatic rings. The maximum absolute atomic E-state index is 10.6. The van der Waals surface area contributed by atoms with Crippen LogP contribution >= 0.6 is 0 Å². The van der Waals surface area contributed by atoms with Crippen LogP contribution < -0.4 is 0 Å². The second kappa shape index (κ2) is 2.11. The summed E-state index contributed by atoms with van der Waals surface area (Å²) in [4.78, 5) is 10.6. The smallest absolute Gasteiger partial charge is 0.313 e. The molecular formula is C8H12O2. The molecule has 56 valence electrons. The summed E-state index contributed by atoms with van der Waals surface area (Å²) >= 11 is 0. The zero-order valence-electron chi connectivity index (χ0n) is 6.35. The van der Waals surface area contributed by atoms with Gasteiger partial charge in [0.05, 0.1) is 5.41 Å². The Morgan fingerprint density at radius 1 is 1.80 bits per heavy atom. The van der Waals surface area contributed by atoms with E-state index in [1.54, 1.807) is 6.92 Å². The number of carboxylic acids is 1. The summed E-state index contributed by atoms with van der Waals surface area (Å²) in [5.41, 5.74) is 0.620. The van der Waals surface area contributed by atoms with Crippen LogP contribution in [0, 0.1) is 5.41 Å². The average Bonchev–Trinajstić information content (AvgIpc) is 2.13. The SMILES string of the molecule is CC1=CC(C)(C(=O)O)CC1. The first-order chi connectivity index (χ1) is 4.54. The maximum Gasteiger partial charge on any atom is 0.313 e. The molecule has 0 radical (unpaired) electrons. The molecule has 0 fully saturated rings. The van der Waals surface area contributed by atoms with E-state index in [9.17, 15) is 4.79 Å². The molecule has 2 heteroatoms. The number of carbonyl (C=O) groups is 1. The third-order valence-electron chi connectivity index (χ3n) is 2.09. The number of aliphatic carboxylic acids is 1. The molecule has 0 bridgehead atoms. The lowest BCUT2D eigenvalue weighted by molar-refractivity contribution is -0.145. The van der Waals surface area contributed by atoms with Crippen molar-refractivity contribution < 1.29 is 9.90 Å². The van der Waals surface area contributed by atoms with Crippen molar-refractivity contribution in [2.75, 3.05) is 0 Å². The molecule has 1 unspecified atom stereocenters. The van der Waals surface area contributed by atoms with Crippen molar-refractivity contribution in [2.45, 2.75) is 26.7 Å². The van der Waals surface area contributed by atoms with Crippen LogP contribution in [0.2, 0.25) is 0 Å². The zero-order chi connectivity index (χ0) is 7.78. The van der Waals surface area contributed by atoms with E-state index in [1.165, 1.54) is 5.57 Å². The van der Waals surface area contributed by atoms with Crippen molar-refractivity contribution >= 4 is 5.97 Å². The predicted molar refractivity (Wildman–Crippen MR) is 38.7 cm³/mol. The first-order valence-corrected chi connectivity index (χ1v) is 3.46. The van der Waals surface area contributed by atoms with Gasteiger partial charge >= 0.3 is 5.97 Å². The monoisotopic (exact) mass is 140 g/mol. The molecule has 0 heterocycles. The van der Waals surface area contributed by atoms with E-state index in [1.807, 2.05) is 13.0 Å². The van der Waals surface area contributed by atoms with E-state index in [0.717, 1.165) is 12.8 Å². The Kier molecular flexibility index (Phi) is 1.55. The van der Waals surface area contributed by atoms with Gasteiger partial charge in [-0.25, -0.2) is 0 Å². The van der Waals surface area contributed by atoms with Crippen LogP contribution in [-0.2, 0) is 4.79 Å². The quantitative estimate of drug-likeness (QED) is 0.564. The van der Waals surface area contributed by atoms with Gasteiger partial charge in [0.1, 0.15) is 0 Å². The molecule has 0 aromatic rings. The Hall–Kier alpha value is -0.790. The molecule has 0 aromatic carbocycles. The number of allylic oxidation sites excluding steroid dienone is 1. The van der Waals surface area contributed by atoms with E-state index in [0.29, 0.717) is 0 Å². The van der Waals surface area contributed by atoms with Gasteiger partial charge in [-0.2, -0.15) is 0 Å². The number of hydrogen-bond acceptors (Lipinski definition) is 1. The minimum absolute atomic E-state index is 0.579. The zero-order valence-corrected chi connectivity index (χ0v) is 6.35. The molecule has 0 spiro atoms. The largest absolute Gasteiger partial charge is 0.481 e. The molecule has 1 rings (SSSR count). The fourth-order valence-corrected chi connectivity index (χ4v) is 1.31. The lowest BCUT2D eigenvalue weighted by Gasteiger charge is -2.13. The van der Waals surface area contributed by atoms with E-state index < -0.39 is 11.4 Å². The fourth-order valence-electron chi connectivity index (χ4n) is 1.31. The predicted octanol–water partition coefficient (Wildman–Crippen LogP) is 1.82. The van der Waals surface area contributed by atoms with E-state index in [-0.39, 0.29) is 0 Å². The molecule has 1 aliphatic carbocycles. The van der Waals surface area contributed by atoms with Crippen molar-refractivity contribution in [3.05, 3.63) is 11.6 Å². The third kappa shape index (κ3) is 1.06. The van der Waals surface area contributed by atoms with Crippen molar-refractivity contribution in [3.63, 3.8) is 0 Å². The highest BCUT2D eigenvalue weighted by molar-refractivity contribution is 5.77. The number of carboxylic acid groups (broad SMARTS) is 1. The highest BCUT2D eigenvalue weighted by Crippen LogP contribution is 2.35. The molecule has 0 aromatic heterocycles. The van der Waals surface area contributed by atoms with Crippen molar-refractivity contribution in [3.8, 4) is 0 Å². The molecule has 0 saturated carbocycles. The molecule has 0 amide bonds. The van der Waals surface area contributed by atoms with Crippen LogP contribution in [0.15, 0.2) is 11.6 Å². The lowest BCUT2D eigenvalue weighted by Crippen LogP contribution is -2.22. The number of hydrogen-bond donors (Lipinski definition) is 1. The van der Waals surface area contributed by atoms with Gasteiger partial charge in [-0.15, -0.1) is 0 Å². The summed E-state index contributed by atoms with van der Waals surface area (Å²) in [5.74, 6) is -0.704. The summed E-state index contributed by atoms with van der Waals surface area (Å²) in [6.07, 6.45) is 3.55. The summed E-state index contributed by atoms with van der Waals surface area (Å²) in [6.45, 7) is 3.75. The van der Waals surface area contributed by atoms with Gasteiger partial charge in [-0.05, 0) is 26.7 Å². The summed E-state index contributed by atoms with van der Waals surface area (Å²) < 4.78 is 0. The van der Waals surface area contributed by atoms with Crippen molar-refractivity contribution in [2.24, 2.45) is 5.41 Å². The van der Waals surface area contributed by atoms with Gasteiger partial charge in [0.2, 0.25) is 0 Å². The summed E-state index contributed by atoms with van der Waals surface area (Å²) in [7, 11) is 0. The van der Waals surface area contributed by atoms with Crippen LogP contribution in [0.5, 0.6) is 0 Å². The lowest BCUT2D eigenvalue weighted by atomic mass is 9.91. The van der Waals surface area contributed by atoms with Crippen LogP contribution in [0.4, 0.5) is 0 Å². The topological polar surface area (TPSA) is 37.3 Å². The van der Waals surface area contributed by atoms with Gasteiger partial charge in [0.15, 0.2) is 0 Å². The molecule has 0 aliphatic heterocycles. The Labute approximate surface area is 60.6 Å². The normalized spacial score (nSPS) is 32.0. The van der Waals surface area contributed by atoms with Gasteiger partial charge in [-0.1, -0.05) is 11.6 Å². The average molecular weight is 140 g/mol. The standard InChI is InChI=1S/C8H12O2/c1-6-3-4-8(2,5-6)7(9)10/h5H,3-4H2,1-2H3,(H,9,10). The van der Waals surface area contributed by atoms with E-state index >= 15 is 0 Å². The van der Waals surface area contributed by atoms with Gasteiger partial charge < -0.3 is 5.11 Å². The molecule has 1 atom stereocenters. The third-order valence-corrected chi connectivity index (χ3v) is 2.09. The van der Waals surface area contributed by atoms with Crippen molar-refractivity contribution in [1.82, 2.24) is 0 Å². The molecular weight excluding hydrogens is 128 g/mol. The van der Waals surface area contributed by atoms with Crippen LogP contribution in [0.25, 0.3) is 0 Å². The first-order valence-electron chi connectivity index (χ1n) is 3.46. The van der Waals surface area contributed by atoms with Gasteiger partial charge in [0.25, 0.3) is 0 Å². The second-order valence-electron chi connectivity index (χ2n) is 3.21. The van der Waals surface area contributed by atoms with Crippen LogP contribution in [0.3, 0.4) is 0 Å². The molecule has 1 N–H and O–H groups in total. The molecule has 2 nitrogen and oxygen atoms in total. The fraction of sp³-hybridized carbons (Fsp3) is 0.625. The second-order valence-corrected chi connectivity index (χ2v) is 3.21. The molecule has 10 heavy (non-hydrogen) atoms. The van der Waals surface area contributed by atoms with Crippen LogP contribution in [-0.4, -0.2) is 11.1 Å². The van der Waals surface area contributed by atoms with Crippen LogP contribution in [0.1, 0.15) is 26.7 Å². The van der Waals surface area contributed by atoms with Crippen molar-refractivity contribution in [1.29, 1.82) is 0 Å². The summed E-state index contributed by atoms with van der Waals surface area (Å²) in [5, 5.41) is 8.75. The Balaban J connectivity index is 2.82. The summed E-state index contributed by atoms with van der Waals surface area (Å²) in [6, 6.07) is 0. The van der Waals surface area contributed by atoms with E-state index in [2.05, 4.69) is 0 Å². The highest BCUT2D eigenvalue weighted by atomic mass is 16.4. The number of rotatable bonds is 1. The highest BCUT2D eigenvalue weighted by Gasteiger charge is 2.33. The maximum atomic E-state index is 10.6. The van der Waals surface area contributed by atoms with Gasteiger partial charge in [-0.3, -0.25) is 4.79 Å². The van der Waals surface area contributed by atoms with E-state index in [4.69, 9.17) is 5.11 Å².